The Hall–Kier alpha value is -2.97. The SMILES string of the molecule is O=C1NCCCC1N1Cc2c(NCc3ccc(CN4CC5(CCCO5)C4)cc3F)cccc2C1=O. The lowest BCUT2D eigenvalue weighted by molar-refractivity contribution is -0.127. The summed E-state index contributed by atoms with van der Waals surface area (Å²) in [6.07, 6.45) is 3.81. The van der Waals surface area contributed by atoms with Crippen LogP contribution in [0.3, 0.4) is 0 Å². The molecule has 184 valence electrons. The van der Waals surface area contributed by atoms with Gasteiger partial charge in [0.25, 0.3) is 5.91 Å². The summed E-state index contributed by atoms with van der Waals surface area (Å²) in [5.41, 5.74) is 3.89. The standard InChI is InChI=1S/C27H31FN4O3/c28-22-12-18(14-31-16-27(17-31)9-3-11-35-27)7-8-19(22)13-30-23-5-1-4-20-21(23)15-32(26(20)34)24-6-2-10-29-25(24)33/h1,4-5,7-8,12,24,30H,2-3,6,9-11,13-17H2,(H,29,33). The van der Waals surface area contributed by atoms with Gasteiger partial charge in [0.2, 0.25) is 5.91 Å². The van der Waals surface area contributed by atoms with Crippen LogP contribution in [0.15, 0.2) is 36.4 Å². The summed E-state index contributed by atoms with van der Waals surface area (Å²) >= 11 is 0. The molecule has 1 atom stereocenters. The van der Waals surface area contributed by atoms with Crippen molar-refractivity contribution in [1.29, 1.82) is 0 Å². The molecule has 0 saturated carbocycles. The number of hydrogen-bond donors (Lipinski definition) is 2. The van der Waals surface area contributed by atoms with E-state index in [1.54, 1.807) is 17.0 Å². The van der Waals surface area contributed by atoms with Gasteiger partial charge in [-0.25, -0.2) is 4.39 Å². The van der Waals surface area contributed by atoms with Crippen LogP contribution in [-0.4, -0.2) is 59.5 Å². The normalized spacial score (nSPS) is 23.3. The summed E-state index contributed by atoms with van der Waals surface area (Å²) in [6, 6.07) is 10.6. The first-order valence-corrected chi connectivity index (χ1v) is 12.6. The molecular weight excluding hydrogens is 447 g/mol. The molecule has 4 aliphatic rings. The lowest BCUT2D eigenvalue weighted by atomic mass is 9.90. The first-order valence-electron chi connectivity index (χ1n) is 12.6. The molecule has 2 aromatic rings. The van der Waals surface area contributed by atoms with E-state index < -0.39 is 6.04 Å². The van der Waals surface area contributed by atoms with E-state index in [1.165, 1.54) is 0 Å². The average molecular weight is 479 g/mol. The molecule has 2 amide bonds. The van der Waals surface area contributed by atoms with Gasteiger partial charge in [-0.1, -0.05) is 18.2 Å². The van der Waals surface area contributed by atoms with E-state index in [9.17, 15) is 14.0 Å². The highest BCUT2D eigenvalue weighted by Gasteiger charge is 2.46. The number of carbonyl (C=O) groups is 2. The summed E-state index contributed by atoms with van der Waals surface area (Å²) in [7, 11) is 0. The molecule has 3 saturated heterocycles. The van der Waals surface area contributed by atoms with E-state index in [0.29, 0.717) is 37.2 Å². The number of carbonyl (C=O) groups excluding carboxylic acids is 2. The summed E-state index contributed by atoms with van der Waals surface area (Å²) in [6.45, 7) is 4.81. The molecule has 3 fully saturated rings. The molecule has 2 aromatic carbocycles. The number of nitrogens with one attached hydrogen (secondary N) is 2. The van der Waals surface area contributed by atoms with Gasteiger partial charge in [0.05, 0.1) is 5.60 Å². The second kappa shape index (κ2) is 8.91. The van der Waals surface area contributed by atoms with Gasteiger partial charge >= 0.3 is 0 Å². The molecular formula is C27H31FN4O3. The maximum atomic E-state index is 14.9. The molecule has 1 unspecified atom stereocenters. The molecule has 0 radical (unpaired) electrons. The molecule has 0 bridgehead atoms. The van der Waals surface area contributed by atoms with E-state index >= 15 is 0 Å². The van der Waals surface area contributed by atoms with Crippen LogP contribution in [0.1, 0.15) is 52.7 Å². The number of nitrogens with zero attached hydrogens (tertiary/aromatic N) is 2. The van der Waals surface area contributed by atoms with Crippen LogP contribution in [0.4, 0.5) is 10.1 Å². The Labute approximate surface area is 204 Å². The molecule has 7 nitrogen and oxygen atoms in total. The van der Waals surface area contributed by atoms with Crippen molar-refractivity contribution in [3.8, 4) is 0 Å². The van der Waals surface area contributed by atoms with Crippen molar-refractivity contribution >= 4 is 17.5 Å². The van der Waals surface area contributed by atoms with Crippen molar-refractivity contribution in [3.05, 3.63) is 64.5 Å². The van der Waals surface area contributed by atoms with Crippen LogP contribution in [0.2, 0.25) is 0 Å². The quantitative estimate of drug-likeness (QED) is 0.668. The number of hydrogen-bond acceptors (Lipinski definition) is 5. The number of rotatable bonds is 6. The van der Waals surface area contributed by atoms with E-state index in [4.69, 9.17) is 4.74 Å². The second-order valence-electron chi connectivity index (χ2n) is 10.3. The molecule has 2 N–H and O–H groups in total. The number of benzene rings is 2. The monoisotopic (exact) mass is 478 g/mol. The third-order valence-corrected chi connectivity index (χ3v) is 7.83. The van der Waals surface area contributed by atoms with Crippen LogP contribution >= 0.6 is 0 Å². The van der Waals surface area contributed by atoms with Crippen molar-refractivity contribution in [2.75, 3.05) is 31.6 Å². The molecule has 4 aliphatic heterocycles. The Morgan fingerprint density at radius 1 is 1.17 bits per heavy atom. The van der Waals surface area contributed by atoms with Crippen LogP contribution in [0, 0.1) is 5.82 Å². The predicted octanol–water partition coefficient (Wildman–Crippen LogP) is 3.04. The topological polar surface area (TPSA) is 73.9 Å². The van der Waals surface area contributed by atoms with Crippen LogP contribution in [0.5, 0.6) is 0 Å². The third kappa shape index (κ3) is 4.19. The minimum atomic E-state index is -0.428. The zero-order chi connectivity index (χ0) is 24.0. The average Bonchev–Trinajstić information content (AvgIpc) is 3.45. The minimum absolute atomic E-state index is 0.0517. The molecule has 6 rings (SSSR count). The fourth-order valence-electron chi connectivity index (χ4n) is 5.99. The van der Waals surface area contributed by atoms with Crippen LogP contribution < -0.4 is 10.6 Å². The Morgan fingerprint density at radius 3 is 2.83 bits per heavy atom. The highest BCUT2D eigenvalue weighted by atomic mass is 19.1. The first-order chi connectivity index (χ1) is 17.0. The minimum Gasteiger partial charge on any atom is -0.381 e. The van der Waals surface area contributed by atoms with Crippen molar-refractivity contribution in [2.45, 2.75) is 57.0 Å². The molecule has 1 spiro atoms. The highest BCUT2D eigenvalue weighted by Crippen LogP contribution is 2.36. The summed E-state index contributed by atoms with van der Waals surface area (Å²) in [4.78, 5) is 29.3. The van der Waals surface area contributed by atoms with Gasteiger partial charge in [0, 0.05) is 68.3 Å². The number of halogens is 1. The Kier molecular flexibility index (Phi) is 5.73. The van der Waals surface area contributed by atoms with E-state index in [2.05, 4.69) is 15.5 Å². The number of fused-ring (bicyclic) bond motifs is 1. The first kappa shape index (κ1) is 22.5. The molecule has 35 heavy (non-hydrogen) atoms. The van der Waals surface area contributed by atoms with E-state index in [-0.39, 0.29) is 23.2 Å². The lowest BCUT2D eigenvalue weighted by Gasteiger charge is -2.47. The zero-order valence-corrected chi connectivity index (χ0v) is 19.8. The maximum absolute atomic E-state index is 14.9. The lowest BCUT2D eigenvalue weighted by Crippen LogP contribution is -2.60. The van der Waals surface area contributed by atoms with E-state index in [0.717, 1.165) is 62.3 Å². The molecule has 0 aromatic heterocycles. The summed E-state index contributed by atoms with van der Waals surface area (Å²) < 4.78 is 20.8. The summed E-state index contributed by atoms with van der Waals surface area (Å²) in [5, 5.41) is 6.19. The van der Waals surface area contributed by atoms with Gasteiger partial charge in [-0.15, -0.1) is 0 Å². The van der Waals surface area contributed by atoms with Gasteiger partial charge in [-0.2, -0.15) is 0 Å². The van der Waals surface area contributed by atoms with Gasteiger partial charge in [-0.3, -0.25) is 14.5 Å². The number of piperidine rings is 1. The van der Waals surface area contributed by atoms with Gasteiger partial charge in [0.15, 0.2) is 0 Å². The van der Waals surface area contributed by atoms with Crippen LogP contribution in [0.25, 0.3) is 0 Å². The fourth-order valence-corrected chi connectivity index (χ4v) is 5.99. The molecule has 4 heterocycles. The number of anilines is 1. The zero-order valence-electron chi connectivity index (χ0n) is 19.8. The molecule has 0 aliphatic carbocycles. The Bertz CT molecular complexity index is 1160. The largest absolute Gasteiger partial charge is 0.381 e. The Balaban J connectivity index is 1.10. The number of likely N-dealkylation sites (tertiary alicyclic amines) is 1. The van der Waals surface area contributed by atoms with Gasteiger partial charge in [0.1, 0.15) is 11.9 Å². The second-order valence-corrected chi connectivity index (χ2v) is 10.3. The molecule has 8 heteroatoms. The summed E-state index contributed by atoms with van der Waals surface area (Å²) in [5.74, 6) is -0.429. The predicted molar refractivity (Wildman–Crippen MR) is 129 cm³/mol. The Morgan fingerprint density at radius 2 is 2.06 bits per heavy atom. The van der Waals surface area contributed by atoms with Crippen molar-refractivity contribution in [3.63, 3.8) is 0 Å². The van der Waals surface area contributed by atoms with Gasteiger partial charge in [-0.05, 0) is 49.4 Å². The van der Waals surface area contributed by atoms with Crippen molar-refractivity contribution < 1.29 is 18.7 Å². The van der Waals surface area contributed by atoms with Gasteiger partial charge < -0.3 is 20.3 Å². The maximum Gasteiger partial charge on any atom is 0.255 e. The van der Waals surface area contributed by atoms with Crippen molar-refractivity contribution in [2.24, 2.45) is 0 Å². The van der Waals surface area contributed by atoms with E-state index in [1.807, 2.05) is 24.3 Å². The number of ether oxygens (including phenoxy) is 1. The number of amides is 2. The fraction of sp³-hybridized carbons (Fsp3) is 0.481. The third-order valence-electron chi connectivity index (χ3n) is 7.83. The highest BCUT2D eigenvalue weighted by molar-refractivity contribution is 6.02. The van der Waals surface area contributed by atoms with Crippen LogP contribution in [-0.2, 0) is 29.2 Å². The smallest absolute Gasteiger partial charge is 0.255 e. The van der Waals surface area contributed by atoms with Crippen molar-refractivity contribution in [1.82, 2.24) is 15.1 Å².